The van der Waals surface area contributed by atoms with E-state index in [1.807, 2.05) is 18.2 Å². The lowest BCUT2D eigenvalue weighted by Gasteiger charge is -2.35. The van der Waals surface area contributed by atoms with E-state index in [-0.39, 0.29) is 23.7 Å². The molecule has 1 aromatic carbocycles. The molecule has 2 aromatic rings. The number of hydrogen-bond donors (Lipinski definition) is 1. The van der Waals surface area contributed by atoms with E-state index in [2.05, 4.69) is 32.5 Å². The molecule has 0 bridgehead atoms. The zero-order chi connectivity index (χ0) is 17.9. The number of carbonyl (C=O) groups excluding carboxylic acids is 2. The zero-order valence-corrected chi connectivity index (χ0v) is 14.4. The number of nitrogens with zero attached hydrogens (tertiary/aromatic N) is 4. The number of para-hydroxylation sites is 1. The minimum atomic E-state index is -0.230. The highest BCUT2D eigenvalue weighted by Crippen LogP contribution is 2.17. The van der Waals surface area contributed by atoms with Crippen LogP contribution in [0, 0.1) is 0 Å². The molecule has 8 heteroatoms. The van der Waals surface area contributed by atoms with E-state index < -0.39 is 0 Å². The van der Waals surface area contributed by atoms with Gasteiger partial charge in [0.2, 0.25) is 5.91 Å². The molecule has 2 aliphatic rings. The molecule has 1 unspecified atom stereocenters. The molecule has 2 saturated heterocycles. The first-order valence-electron chi connectivity index (χ1n) is 8.90. The molecule has 2 amide bonds. The normalized spacial score (nSPS) is 20.3. The summed E-state index contributed by atoms with van der Waals surface area (Å²) in [4.78, 5) is 32.1. The lowest BCUT2D eigenvalue weighted by Crippen LogP contribution is -2.48. The van der Waals surface area contributed by atoms with Crippen molar-refractivity contribution in [2.75, 3.05) is 31.1 Å². The van der Waals surface area contributed by atoms with E-state index in [4.69, 9.17) is 4.52 Å². The summed E-state index contributed by atoms with van der Waals surface area (Å²) in [5.74, 6) is 0.305. The summed E-state index contributed by atoms with van der Waals surface area (Å²) in [6, 6.07) is 10.2. The minimum absolute atomic E-state index is 0.0254. The van der Waals surface area contributed by atoms with Crippen LogP contribution in [0.5, 0.6) is 0 Å². The molecule has 0 saturated carbocycles. The van der Waals surface area contributed by atoms with Crippen LogP contribution in [0.2, 0.25) is 0 Å². The van der Waals surface area contributed by atoms with E-state index >= 15 is 0 Å². The Morgan fingerprint density at radius 1 is 1.19 bits per heavy atom. The third-order valence-corrected chi connectivity index (χ3v) is 4.85. The number of nitrogens with one attached hydrogen (secondary N) is 1. The number of hydrogen-bond acceptors (Lipinski definition) is 6. The highest BCUT2D eigenvalue weighted by molar-refractivity contribution is 5.89. The Bertz CT molecular complexity index is 783. The van der Waals surface area contributed by atoms with Crippen LogP contribution in [-0.2, 0) is 11.2 Å². The lowest BCUT2D eigenvalue weighted by molar-refractivity contribution is -0.119. The van der Waals surface area contributed by atoms with Gasteiger partial charge in [0.25, 0.3) is 0 Å². The van der Waals surface area contributed by atoms with Gasteiger partial charge < -0.3 is 19.6 Å². The third kappa shape index (κ3) is 3.54. The molecule has 136 valence electrons. The molecule has 0 aliphatic carbocycles. The Hall–Kier alpha value is -2.90. The van der Waals surface area contributed by atoms with Crippen molar-refractivity contribution in [1.29, 1.82) is 0 Å². The number of aromatic nitrogens is 2. The summed E-state index contributed by atoms with van der Waals surface area (Å²) in [6.45, 7) is 2.77. The van der Waals surface area contributed by atoms with Crippen LogP contribution in [0.15, 0.2) is 34.9 Å². The van der Waals surface area contributed by atoms with Crippen molar-refractivity contribution in [1.82, 2.24) is 20.4 Å². The molecule has 26 heavy (non-hydrogen) atoms. The van der Waals surface area contributed by atoms with E-state index in [0.29, 0.717) is 31.8 Å². The van der Waals surface area contributed by atoms with Crippen molar-refractivity contribution in [3.63, 3.8) is 0 Å². The van der Waals surface area contributed by atoms with Crippen LogP contribution >= 0.6 is 0 Å². The van der Waals surface area contributed by atoms with Crippen LogP contribution < -0.4 is 10.2 Å². The average molecular weight is 355 g/mol. The Balaban J connectivity index is 1.33. The topological polar surface area (TPSA) is 91.6 Å². The van der Waals surface area contributed by atoms with Gasteiger partial charge in [-0.3, -0.25) is 9.59 Å². The molecule has 3 heterocycles. The van der Waals surface area contributed by atoms with Gasteiger partial charge in [0.15, 0.2) is 5.82 Å². The second kappa shape index (κ2) is 7.15. The molecule has 2 aliphatic heterocycles. The second-order valence-electron chi connectivity index (χ2n) is 6.64. The van der Waals surface area contributed by atoms with Crippen molar-refractivity contribution in [3.8, 4) is 0 Å². The standard InChI is InChI=1S/C18H21N5O3/c24-16-7-6-13(19-16)12-15-20-17(26-21-15)18(25)23-10-8-22(9-11-23)14-4-2-1-3-5-14/h1-5,13H,6-12H2,(H,19,24). The summed E-state index contributed by atoms with van der Waals surface area (Å²) >= 11 is 0. The van der Waals surface area contributed by atoms with Crippen molar-refractivity contribution < 1.29 is 14.1 Å². The molecule has 0 radical (unpaired) electrons. The lowest BCUT2D eigenvalue weighted by atomic mass is 10.1. The number of piperazine rings is 1. The van der Waals surface area contributed by atoms with E-state index in [0.717, 1.165) is 19.5 Å². The number of benzene rings is 1. The Labute approximate surface area is 151 Å². The summed E-state index contributed by atoms with van der Waals surface area (Å²) < 4.78 is 5.15. The van der Waals surface area contributed by atoms with Gasteiger partial charge in [0.05, 0.1) is 0 Å². The molecule has 1 aromatic heterocycles. The van der Waals surface area contributed by atoms with Crippen LogP contribution in [0.3, 0.4) is 0 Å². The monoisotopic (exact) mass is 355 g/mol. The second-order valence-corrected chi connectivity index (χ2v) is 6.64. The van der Waals surface area contributed by atoms with Gasteiger partial charge in [-0.25, -0.2) is 0 Å². The third-order valence-electron chi connectivity index (χ3n) is 4.85. The van der Waals surface area contributed by atoms with Crippen LogP contribution in [-0.4, -0.2) is 59.1 Å². The quantitative estimate of drug-likeness (QED) is 0.874. The van der Waals surface area contributed by atoms with Gasteiger partial charge >= 0.3 is 11.8 Å². The Kier molecular flexibility index (Phi) is 4.55. The van der Waals surface area contributed by atoms with Gasteiger partial charge in [-0.15, -0.1) is 0 Å². The molecule has 2 fully saturated rings. The highest BCUT2D eigenvalue weighted by Gasteiger charge is 2.28. The summed E-state index contributed by atoms with van der Waals surface area (Å²) in [5, 5.41) is 6.75. The fraction of sp³-hybridized carbons (Fsp3) is 0.444. The molecule has 1 N–H and O–H groups in total. The Morgan fingerprint density at radius 2 is 1.96 bits per heavy atom. The van der Waals surface area contributed by atoms with Crippen molar-refractivity contribution >= 4 is 17.5 Å². The van der Waals surface area contributed by atoms with Crippen LogP contribution in [0.4, 0.5) is 5.69 Å². The van der Waals surface area contributed by atoms with Crippen molar-refractivity contribution in [2.45, 2.75) is 25.3 Å². The van der Waals surface area contributed by atoms with Crippen LogP contribution in [0.1, 0.15) is 29.4 Å². The molecule has 4 rings (SSSR count). The van der Waals surface area contributed by atoms with E-state index in [9.17, 15) is 9.59 Å². The van der Waals surface area contributed by atoms with Gasteiger partial charge in [-0.05, 0) is 18.6 Å². The molecular formula is C18H21N5O3. The van der Waals surface area contributed by atoms with E-state index in [1.165, 1.54) is 5.69 Å². The first kappa shape index (κ1) is 16.6. The molecule has 1 atom stereocenters. The molecule has 0 spiro atoms. The van der Waals surface area contributed by atoms with Gasteiger partial charge in [-0.2, -0.15) is 4.98 Å². The summed E-state index contributed by atoms with van der Waals surface area (Å²) in [5.41, 5.74) is 1.17. The predicted molar refractivity (Wildman–Crippen MR) is 93.7 cm³/mol. The fourth-order valence-corrected chi connectivity index (χ4v) is 3.42. The van der Waals surface area contributed by atoms with Crippen LogP contribution in [0.25, 0.3) is 0 Å². The predicted octanol–water partition coefficient (Wildman–Crippen LogP) is 0.853. The largest absolute Gasteiger partial charge is 0.368 e. The number of carbonyl (C=O) groups is 2. The molecular weight excluding hydrogens is 334 g/mol. The first-order chi connectivity index (χ1) is 12.7. The average Bonchev–Trinajstić information content (AvgIpc) is 3.31. The SMILES string of the molecule is O=C1CCC(Cc2noc(C(=O)N3CCN(c4ccccc4)CC3)n2)N1. The van der Waals surface area contributed by atoms with Gasteiger partial charge in [-0.1, -0.05) is 23.4 Å². The zero-order valence-electron chi connectivity index (χ0n) is 14.4. The molecule has 8 nitrogen and oxygen atoms in total. The smallest absolute Gasteiger partial charge is 0.316 e. The number of amides is 2. The fourth-order valence-electron chi connectivity index (χ4n) is 3.42. The highest BCUT2D eigenvalue weighted by atomic mass is 16.5. The number of rotatable bonds is 4. The van der Waals surface area contributed by atoms with E-state index in [1.54, 1.807) is 4.90 Å². The van der Waals surface area contributed by atoms with Gasteiger partial charge in [0.1, 0.15) is 0 Å². The number of anilines is 1. The van der Waals surface area contributed by atoms with Crippen molar-refractivity contribution in [3.05, 3.63) is 42.0 Å². The maximum atomic E-state index is 12.6. The maximum Gasteiger partial charge on any atom is 0.316 e. The Morgan fingerprint density at radius 3 is 2.65 bits per heavy atom. The minimum Gasteiger partial charge on any atom is -0.368 e. The first-order valence-corrected chi connectivity index (χ1v) is 8.90. The van der Waals surface area contributed by atoms with Gasteiger partial charge in [0, 0.05) is 50.7 Å². The summed E-state index contributed by atoms with van der Waals surface area (Å²) in [6.07, 6.45) is 1.78. The summed E-state index contributed by atoms with van der Waals surface area (Å²) in [7, 11) is 0. The van der Waals surface area contributed by atoms with Crippen molar-refractivity contribution in [2.24, 2.45) is 0 Å². The maximum absolute atomic E-state index is 12.6.